The number of nitrogens with zero attached hydrogens (tertiary/aromatic N) is 2. The number of benzene rings is 2. The summed E-state index contributed by atoms with van der Waals surface area (Å²) in [6, 6.07) is 12.3. The van der Waals surface area contributed by atoms with Gasteiger partial charge in [-0.3, -0.25) is 9.59 Å². The van der Waals surface area contributed by atoms with E-state index in [1.165, 1.54) is 6.33 Å². The first-order chi connectivity index (χ1) is 10.7. The zero-order chi connectivity index (χ0) is 15.1. The van der Waals surface area contributed by atoms with E-state index < -0.39 is 0 Å². The van der Waals surface area contributed by atoms with Crippen molar-refractivity contribution in [2.75, 3.05) is 0 Å². The Bertz CT molecular complexity index is 1130. The van der Waals surface area contributed by atoms with E-state index in [0.717, 1.165) is 0 Å². The third-order valence-corrected chi connectivity index (χ3v) is 3.53. The van der Waals surface area contributed by atoms with Crippen molar-refractivity contribution in [2.45, 2.75) is 0 Å². The Balaban J connectivity index is 2.01. The van der Waals surface area contributed by atoms with Crippen LogP contribution in [0, 0.1) is 0 Å². The molecule has 2 aromatic heterocycles. The minimum atomic E-state index is -0.227. The second-order valence-corrected chi connectivity index (χ2v) is 4.90. The van der Waals surface area contributed by atoms with Gasteiger partial charge in [0.1, 0.15) is 5.82 Å². The zero-order valence-electron chi connectivity index (χ0n) is 11.3. The van der Waals surface area contributed by atoms with E-state index in [-0.39, 0.29) is 11.1 Å². The van der Waals surface area contributed by atoms with Crippen LogP contribution in [0.5, 0.6) is 0 Å². The molecule has 0 aliphatic rings. The summed E-state index contributed by atoms with van der Waals surface area (Å²) in [6.45, 7) is 0. The average Bonchev–Trinajstić information content (AvgIpc) is 2.55. The van der Waals surface area contributed by atoms with Crippen molar-refractivity contribution >= 4 is 21.8 Å². The van der Waals surface area contributed by atoms with Gasteiger partial charge in [0, 0.05) is 5.56 Å². The van der Waals surface area contributed by atoms with Crippen LogP contribution in [0.1, 0.15) is 0 Å². The van der Waals surface area contributed by atoms with E-state index in [2.05, 4.69) is 19.9 Å². The molecule has 106 valence electrons. The SMILES string of the molecule is O=c1[nH]cnc2ccc(-c3nc4ccccc4c(=O)[nH]3)cc12. The highest BCUT2D eigenvalue weighted by Crippen LogP contribution is 2.19. The van der Waals surface area contributed by atoms with Crippen LogP contribution in [0.3, 0.4) is 0 Å². The highest BCUT2D eigenvalue weighted by molar-refractivity contribution is 5.84. The van der Waals surface area contributed by atoms with Crippen LogP contribution in [0.25, 0.3) is 33.2 Å². The Morgan fingerprint density at radius 2 is 1.73 bits per heavy atom. The first kappa shape index (κ1) is 12.5. The monoisotopic (exact) mass is 290 g/mol. The van der Waals surface area contributed by atoms with Gasteiger partial charge in [0.2, 0.25) is 0 Å². The fourth-order valence-electron chi connectivity index (χ4n) is 2.44. The molecule has 4 aromatic rings. The number of H-pyrrole nitrogens is 2. The molecule has 6 nitrogen and oxygen atoms in total. The highest BCUT2D eigenvalue weighted by Gasteiger charge is 2.07. The van der Waals surface area contributed by atoms with Gasteiger partial charge in [-0.15, -0.1) is 0 Å². The highest BCUT2D eigenvalue weighted by atomic mass is 16.1. The predicted molar refractivity (Wildman–Crippen MR) is 83.7 cm³/mol. The number of para-hydroxylation sites is 1. The molecule has 0 aliphatic carbocycles. The van der Waals surface area contributed by atoms with E-state index in [0.29, 0.717) is 33.2 Å². The Morgan fingerprint density at radius 1 is 0.864 bits per heavy atom. The van der Waals surface area contributed by atoms with Crippen molar-refractivity contribution in [3.05, 3.63) is 69.5 Å². The standard InChI is InChI=1S/C16H10N4O2/c21-15-11-7-9(5-6-12(11)17-8-18-15)14-19-13-4-2-1-3-10(13)16(22)20-14/h1-8H,(H,17,18,21)(H,19,20,22). The molecule has 0 unspecified atom stereocenters. The summed E-state index contributed by atoms with van der Waals surface area (Å²) in [7, 11) is 0. The van der Waals surface area contributed by atoms with Crippen molar-refractivity contribution in [2.24, 2.45) is 0 Å². The normalized spacial score (nSPS) is 11.1. The number of rotatable bonds is 1. The molecule has 0 saturated heterocycles. The number of aromatic nitrogens is 4. The van der Waals surface area contributed by atoms with Gasteiger partial charge in [-0.05, 0) is 30.3 Å². The second-order valence-electron chi connectivity index (χ2n) is 4.90. The molecule has 0 atom stereocenters. The zero-order valence-corrected chi connectivity index (χ0v) is 11.3. The fourth-order valence-corrected chi connectivity index (χ4v) is 2.44. The van der Waals surface area contributed by atoms with E-state index >= 15 is 0 Å². The molecular formula is C16H10N4O2. The van der Waals surface area contributed by atoms with Crippen LogP contribution in [-0.2, 0) is 0 Å². The molecule has 0 spiro atoms. The van der Waals surface area contributed by atoms with Gasteiger partial charge in [0.05, 0.1) is 28.1 Å². The van der Waals surface area contributed by atoms with Gasteiger partial charge >= 0.3 is 0 Å². The molecule has 2 aromatic carbocycles. The molecule has 0 fully saturated rings. The molecular weight excluding hydrogens is 280 g/mol. The number of aromatic amines is 2. The first-order valence-corrected chi connectivity index (χ1v) is 6.69. The summed E-state index contributed by atoms with van der Waals surface area (Å²) in [4.78, 5) is 37.8. The lowest BCUT2D eigenvalue weighted by molar-refractivity contribution is 1.16. The summed E-state index contributed by atoms with van der Waals surface area (Å²) in [5, 5.41) is 0.988. The number of hydrogen-bond acceptors (Lipinski definition) is 4. The summed E-state index contributed by atoms with van der Waals surface area (Å²) < 4.78 is 0. The number of fused-ring (bicyclic) bond motifs is 2. The maximum Gasteiger partial charge on any atom is 0.259 e. The van der Waals surface area contributed by atoms with Crippen molar-refractivity contribution in [1.82, 2.24) is 19.9 Å². The molecule has 0 amide bonds. The number of hydrogen-bond donors (Lipinski definition) is 2. The Morgan fingerprint density at radius 3 is 2.64 bits per heavy atom. The largest absolute Gasteiger partial charge is 0.313 e. The first-order valence-electron chi connectivity index (χ1n) is 6.69. The van der Waals surface area contributed by atoms with Crippen molar-refractivity contribution < 1.29 is 0 Å². The minimum absolute atomic E-state index is 0.208. The average molecular weight is 290 g/mol. The summed E-state index contributed by atoms with van der Waals surface area (Å²) >= 11 is 0. The smallest absolute Gasteiger partial charge is 0.259 e. The maximum absolute atomic E-state index is 12.1. The van der Waals surface area contributed by atoms with Crippen LogP contribution in [0.2, 0.25) is 0 Å². The van der Waals surface area contributed by atoms with Gasteiger partial charge in [-0.2, -0.15) is 0 Å². The molecule has 0 radical (unpaired) electrons. The van der Waals surface area contributed by atoms with Gasteiger partial charge < -0.3 is 9.97 Å². The van der Waals surface area contributed by atoms with Crippen molar-refractivity contribution in [1.29, 1.82) is 0 Å². The van der Waals surface area contributed by atoms with E-state index in [9.17, 15) is 9.59 Å². The molecule has 6 heteroatoms. The summed E-state index contributed by atoms with van der Waals surface area (Å²) in [5.41, 5.74) is 1.43. The molecule has 2 N–H and O–H groups in total. The Kier molecular flexibility index (Phi) is 2.62. The van der Waals surface area contributed by atoms with Gasteiger partial charge in [0.25, 0.3) is 11.1 Å². The quantitative estimate of drug-likeness (QED) is 0.559. The van der Waals surface area contributed by atoms with Crippen LogP contribution in [-0.4, -0.2) is 19.9 Å². The van der Waals surface area contributed by atoms with Crippen LogP contribution < -0.4 is 11.1 Å². The van der Waals surface area contributed by atoms with Crippen molar-refractivity contribution in [3.8, 4) is 11.4 Å². The third kappa shape index (κ3) is 1.89. The Hall–Kier alpha value is -3.28. The third-order valence-electron chi connectivity index (χ3n) is 3.53. The lowest BCUT2D eigenvalue weighted by Gasteiger charge is -2.04. The van der Waals surface area contributed by atoms with Crippen LogP contribution in [0.15, 0.2) is 58.4 Å². The van der Waals surface area contributed by atoms with Crippen molar-refractivity contribution in [3.63, 3.8) is 0 Å². The molecule has 0 saturated carbocycles. The molecule has 22 heavy (non-hydrogen) atoms. The van der Waals surface area contributed by atoms with E-state index in [4.69, 9.17) is 0 Å². The fraction of sp³-hybridized carbons (Fsp3) is 0. The summed E-state index contributed by atoms with van der Waals surface area (Å²) in [6.07, 6.45) is 1.36. The Labute approximate surface area is 123 Å². The van der Waals surface area contributed by atoms with Gasteiger partial charge in [-0.25, -0.2) is 9.97 Å². The second kappa shape index (κ2) is 4.63. The van der Waals surface area contributed by atoms with E-state index in [1.807, 2.05) is 6.07 Å². The molecule has 0 bridgehead atoms. The lowest BCUT2D eigenvalue weighted by Crippen LogP contribution is -2.10. The van der Waals surface area contributed by atoms with Gasteiger partial charge in [-0.1, -0.05) is 12.1 Å². The minimum Gasteiger partial charge on any atom is -0.313 e. The summed E-state index contributed by atoms with van der Waals surface area (Å²) in [5.74, 6) is 0.425. The number of nitrogens with one attached hydrogen (secondary N) is 2. The molecule has 0 aliphatic heterocycles. The van der Waals surface area contributed by atoms with Gasteiger partial charge in [0.15, 0.2) is 0 Å². The predicted octanol–water partition coefficient (Wildman–Crippen LogP) is 1.83. The van der Waals surface area contributed by atoms with Crippen LogP contribution >= 0.6 is 0 Å². The lowest BCUT2D eigenvalue weighted by atomic mass is 10.1. The topological polar surface area (TPSA) is 91.5 Å². The maximum atomic E-state index is 12.1. The molecule has 2 heterocycles. The van der Waals surface area contributed by atoms with Crippen LogP contribution in [0.4, 0.5) is 0 Å². The van der Waals surface area contributed by atoms with E-state index in [1.54, 1.807) is 36.4 Å². The molecule has 4 rings (SSSR count).